The quantitative estimate of drug-likeness (QED) is 0.427. The van der Waals surface area contributed by atoms with E-state index in [9.17, 15) is 14.4 Å². The van der Waals surface area contributed by atoms with E-state index >= 15 is 0 Å². The van der Waals surface area contributed by atoms with Gasteiger partial charge in [0.2, 0.25) is 0 Å². The molecule has 128 valence electrons. The molecule has 0 spiro atoms. The minimum atomic E-state index is -1.38. The van der Waals surface area contributed by atoms with Gasteiger partial charge in [-0.05, 0) is 39.7 Å². The topological polar surface area (TPSA) is 69.7 Å². The van der Waals surface area contributed by atoms with Crippen molar-refractivity contribution in [1.82, 2.24) is 0 Å². The monoisotopic (exact) mass is 322 g/mol. The van der Waals surface area contributed by atoms with Crippen LogP contribution >= 0.6 is 0 Å². The van der Waals surface area contributed by atoms with Crippen LogP contribution in [0.25, 0.3) is 0 Å². The standard InChI is InChI=1S/C18H26O5/c1-6-7-8-11-18(16(21)23-17(2,3)4)13(9-10-14(18)19)12-15(20)22-5/h7-10,13H,6,11-12H2,1-5H3. The lowest BCUT2D eigenvalue weighted by atomic mass is 9.72. The normalized spacial score (nSPS) is 24.2. The molecule has 2 atom stereocenters. The Morgan fingerprint density at radius 3 is 2.48 bits per heavy atom. The van der Waals surface area contributed by atoms with Gasteiger partial charge in [-0.2, -0.15) is 0 Å². The summed E-state index contributed by atoms with van der Waals surface area (Å²) in [6.45, 7) is 7.23. The lowest BCUT2D eigenvalue weighted by Gasteiger charge is -2.33. The number of esters is 2. The van der Waals surface area contributed by atoms with Crippen molar-refractivity contribution in [3.8, 4) is 0 Å². The SMILES string of the molecule is CCC=CCC1(C(=O)OC(C)(C)C)C(=O)C=CC1CC(=O)OC. The van der Waals surface area contributed by atoms with Gasteiger partial charge < -0.3 is 9.47 Å². The van der Waals surface area contributed by atoms with Crippen LogP contribution in [-0.2, 0) is 23.9 Å². The van der Waals surface area contributed by atoms with E-state index in [-0.39, 0.29) is 18.6 Å². The highest BCUT2D eigenvalue weighted by molar-refractivity contribution is 6.12. The lowest BCUT2D eigenvalue weighted by molar-refractivity contribution is -0.171. The van der Waals surface area contributed by atoms with Gasteiger partial charge in [-0.25, -0.2) is 0 Å². The Bertz CT molecular complexity index is 524. The number of rotatable bonds is 6. The molecule has 0 aliphatic heterocycles. The third-order valence-electron chi connectivity index (χ3n) is 3.77. The van der Waals surface area contributed by atoms with Crippen LogP contribution in [0.5, 0.6) is 0 Å². The first-order valence-corrected chi connectivity index (χ1v) is 7.85. The van der Waals surface area contributed by atoms with E-state index < -0.39 is 28.9 Å². The Balaban J connectivity index is 3.19. The van der Waals surface area contributed by atoms with Crippen LogP contribution in [0.3, 0.4) is 0 Å². The Morgan fingerprint density at radius 1 is 1.30 bits per heavy atom. The molecule has 0 heterocycles. The maximum absolute atomic E-state index is 12.8. The largest absolute Gasteiger partial charge is 0.469 e. The molecule has 0 aromatic heterocycles. The molecule has 1 rings (SSSR count). The average Bonchev–Trinajstić information content (AvgIpc) is 2.75. The van der Waals surface area contributed by atoms with Crippen molar-refractivity contribution in [2.45, 2.75) is 52.6 Å². The molecule has 0 saturated heterocycles. The average molecular weight is 322 g/mol. The van der Waals surface area contributed by atoms with Gasteiger partial charge in [-0.15, -0.1) is 0 Å². The van der Waals surface area contributed by atoms with Crippen molar-refractivity contribution in [2.24, 2.45) is 11.3 Å². The van der Waals surface area contributed by atoms with Crippen LogP contribution in [0.2, 0.25) is 0 Å². The Morgan fingerprint density at radius 2 is 1.96 bits per heavy atom. The minimum absolute atomic E-state index is 0.0298. The summed E-state index contributed by atoms with van der Waals surface area (Å²) < 4.78 is 10.2. The second-order valence-corrected chi connectivity index (χ2v) is 6.67. The smallest absolute Gasteiger partial charge is 0.321 e. The van der Waals surface area contributed by atoms with Crippen molar-refractivity contribution >= 4 is 17.7 Å². The van der Waals surface area contributed by atoms with E-state index in [1.54, 1.807) is 32.9 Å². The van der Waals surface area contributed by atoms with Crippen molar-refractivity contribution in [3.63, 3.8) is 0 Å². The van der Waals surface area contributed by atoms with Crippen molar-refractivity contribution in [3.05, 3.63) is 24.3 Å². The maximum atomic E-state index is 12.8. The molecule has 0 aromatic carbocycles. The molecule has 1 aliphatic carbocycles. The summed E-state index contributed by atoms with van der Waals surface area (Å²) in [4.78, 5) is 37.0. The van der Waals surface area contributed by atoms with E-state index in [4.69, 9.17) is 9.47 Å². The molecule has 0 bridgehead atoms. The predicted octanol–water partition coefficient (Wildman–Crippen LogP) is 2.99. The zero-order valence-electron chi connectivity index (χ0n) is 14.5. The zero-order chi connectivity index (χ0) is 17.7. The lowest BCUT2D eigenvalue weighted by Crippen LogP contribution is -2.45. The van der Waals surface area contributed by atoms with E-state index in [2.05, 4.69) is 0 Å². The molecule has 0 saturated carbocycles. The summed E-state index contributed by atoms with van der Waals surface area (Å²) in [5.41, 5.74) is -2.09. The number of methoxy groups -OCH3 is 1. The molecular weight excluding hydrogens is 296 g/mol. The molecule has 0 aromatic rings. The number of carbonyl (C=O) groups is 3. The van der Waals surface area contributed by atoms with Crippen molar-refractivity contribution in [1.29, 1.82) is 0 Å². The molecular formula is C18H26O5. The minimum Gasteiger partial charge on any atom is -0.469 e. The Kier molecular flexibility index (Phi) is 6.30. The second-order valence-electron chi connectivity index (χ2n) is 6.67. The molecule has 0 N–H and O–H groups in total. The highest BCUT2D eigenvalue weighted by atomic mass is 16.6. The Labute approximate surface area is 137 Å². The van der Waals surface area contributed by atoms with E-state index in [0.717, 1.165) is 6.42 Å². The summed E-state index contributed by atoms with van der Waals surface area (Å²) in [6.07, 6.45) is 7.67. The number of carbonyl (C=O) groups excluding carboxylic acids is 3. The zero-order valence-corrected chi connectivity index (χ0v) is 14.5. The van der Waals surface area contributed by atoms with Gasteiger partial charge in [0.05, 0.1) is 13.5 Å². The summed E-state index contributed by atoms with van der Waals surface area (Å²) in [5.74, 6) is -1.92. The molecule has 0 amide bonds. The van der Waals surface area contributed by atoms with Gasteiger partial charge in [0.25, 0.3) is 0 Å². The number of ketones is 1. The Hall–Kier alpha value is -1.91. The summed E-state index contributed by atoms with van der Waals surface area (Å²) >= 11 is 0. The van der Waals surface area contributed by atoms with E-state index in [1.165, 1.54) is 13.2 Å². The van der Waals surface area contributed by atoms with Crippen LogP contribution in [0.1, 0.15) is 47.0 Å². The fourth-order valence-corrected chi connectivity index (χ4v) is 2.60. The third kappa shape index (κ3) is 4.53. The number of hydrogen-bond donors (Lipinski definition) is 0. The van der Waals surface area contributed by atoms with Gasteiger partial charge in [0, 0.05) is 5.92 Å². The van der Waals surface area contributed by atoms with Crippen LogP contribution in [0, 0.1) is 11.3 Å². The number of hydrogen-bond acceptors (Lipinski definition) is 5. The molecule has 5 heteroatoms. The van der Waals surface area contributed by atoms with Crippen LogP contribution in [0.4, 0.5) is 0 Å². The molecule has 5 nitrogen and oxygen atoms in total. The van der Waals surface area contributed by atoms with Gasteiger partial charge in [-0.3, -0.25) is 14.4 Å². The van der Waals surface area contributed by atoms with Crippen LogP contribution in [0.15, 0.2) is 24.3 Å². The number of ether oxygens (including phenoxy) is 2. The molecule has 0 fully saturated rings. The van der Waals surface area contributed by atoms with Crippen LogP contribution in [-0.4, -0.2) is 30.4 Å². The summed E-state index contributed by atoms with van der Waals surface area (Å²) in [6, 6.07) is 0. The first kappa shape index (κ1) is 19.1. The summed E-state index contributed by atoms with van der Waals surface area (Å²) in [7, 11) is 1.29. The van der Waals surface area contributed by atoms with Crippen LogP contribution < -0.4 is 0 Å². The molecule has 1 aliphatic rings. The fraction of sp³-hybridized carbons (Fsp3) is 0.611. The van der Waals surface area contributed by atoms with E-state index in [1.807, 2.05) is 13.0 Å². The predicted molar refractivity (Wildman–Crippen MR) is 86.6 cm³/mol. The highest BCUT2D eigenvalue weighted by Crippen LogP contribution is 2.43. The van der Waals surface area contributed by atoms with E-state index in [0.29, 0.717) is 0 Å². The highest BCUT2D eigenvalue weighted by Gasteiger charge is 2.54. The van der Waals surface area contributed by atoms with Gasteiger partial charge in [-0.1, -0.05) is 25.2 Å². The first-order valence-electron chi connectivity index (χ1n) is 7.85. The van der Waals surface area contributed by atoms with Gasteiger partial charge >= 0.3 is 11.9 Å². The van der Waals surface area contributed by atoms with Crippen molar-refractivity contribution in [2.75, 3.05) is 7.11 Å². The third-order valence-corrected chi connectivity index (χ3v) is 3.77. The van der Waals surface area contributed by atoms with Crippen molar-refractivity contribution < 1.29 is 23.9 Å². The van der Waals surface area contributed by atoms with Gasteiger partial charge in [0.15, 0.2) is 5.78 Å². The summed E-state index contributed by atoms with van der Waals surface area (Å²) in [5, 5.41) is 0. The molecule has 2 unspecified atom stereocenters. The fourth-order valence-electron chi connectivity index (χ4n) is 2.60. The first-order chi connectivity index (χ1) is 10.7. The molecule has 23 heavy (non-hydrogen) atoms. The number of allylic oxidation sites excluding steroid dienone is 4. The van der Waals surface area contributed by atoms with Gasteiger partial charge in [0.1, 0.15) is 11.0 Å². The second kappa shape index (κ2) is 7.57. The maximum Gasteiger partial charge on any atom is 0.321 e. The molecule has 0 radical (unpaired) electrons.